The van der Waals surface area contributed by atoms with E-state index in [0.29, 0.717) is 18.5 Å². The molecule has 2 heterocycles. The largest absolute Gasteiger partial charge is 0.361 e. The van der Waals surface area contributed by atoms with Gasteiger partial charge in [-0.05, 0) is 12.3 Å². The molecule has 0 radical (unpaired) electrons. The molecule has 1 saturated heterocycles. The van der Waals surface area contributed by atoms with Gasteiger partial charge in [-0.1, -0.05) is 30.8 Å². The molecule has 1 N–H and O–H groups in total. The van der Waals surface area contributed by atoms with Crippen LogP contribution in [0, 0.1) is 12.8 Å². The number of aromatic nitrogens is 2. The number of nitrogens with one attached hydrogen (secondary N) is 1. The molecule has 18 heavy (non-hydrogen) atoms. The van der Waals surface area contributed by atoms with Crippen LogP contribution in [-0.4, -0.2) is 33.6 Å². The first-order valence-corrected chi connectivity index (χ1v) is 7.35. The summed E-state index contributed by atoms with van der Waals surface area (Å²) in [7, 11) is 0. The molecule has 0 bridgehead atoms. The van der Waals surface area contributed by atoms with E-state index in [-0.39, 0.29) is 0 Å². The van der Waals surface area contributed by atoms with Crippen molar-refractivity contribution in [3.63, 3.8) is 0 Å². The van der Waals surface area contributed by atoms with E-state index in [1.54, 1.807) is 6.92 Å². The third-order valence-corrected chi connectivity index (χ3v) is 3.75. The normalized spacial score (nSPS) is 21.8. The summed E-state index contributed by atoms with van der Waals surface area (Å²) in [4.78, 5) is 8.69. The number of amidine groups is 1. The van der Waals surface area contributed by atoms with Crippen LogP contribution in [0.2, 0.25) is 0 Å². The molecule has 1 aliphatic heterocycles. The zero-order valence-electron chi connectivity index (χ0n) is 11.1. The van der Waals surface area contributed by atoms with E-state index >= 15 is 0 Å². The molecular formula is C12H20N4OS. The quantitative estimate of drug-likeness (QED) is 0.885. The summed E-state index contributed by atoms with van der Waals surface area (Å²) in [6, 6.07) is 0.571. The van der Waals surface area contributed by atoms with E-state index in [9.17, 15) is 0 Å². The van der Waals surface area contributed by atoms with Crippen LogP contribution in [0.25, 0.3) is 0 Å². The van der Waals surface area contributed by atoms with Crippen molar-refractivity contribution >= 4 is 16.9 Å². The molecule has 1 aromatic rings. The van der Waals surface area contributed by atoms with Crippen molar-refractivity contribution in [2.24, 2.45) is 10.9 Å². The first-order chi connectivity index (χ1) is 8.63. The summed E-state index contributed by atoms with van der Waals surface area (Å²) in [5, 5.41) is 8.37. The summed E-state index contributed by atoms with van der Waals surface area (Å²) in [6.07, 6.45) is 1.94. The van der Waals surface area contributed by atoms with Gasteiger partial charge >= 0.3 is 0 Å². The van der Waals surface area contributed by atoms with Crippen LogP contribution in [0.1, 0.15) is 32.0 Å². The van der Waals surface area contributed by atoms with Crippen molar-refractivity contribution in [3.05, 3.63) is 11.7 Å². The van der Waals surface area contributed by atoms with Crippen molar-refractivity contribution in [2.75, 3.05) is 12.3 Å². The van der Waals surface area contributed by atoms with Gasteiger partial charge in [0.15, 0.2) is 11.0 Å². The Hall–Kier alpha value is -1.04. The number of aryl methyl sites for hydroxylation is 1. The lowest BCUT2D eigenvalue weighted by Gasteiger charge is -2.11. The van der Waals surface area contributed by atoms with E-state index in [1.165, 1.54) is 6.42 Å². The summed E-state index contributed by atoms with van der Waals surface area (Å²) in [5.41, 5.74) is 0. The minimum atomic E-state index is 0.571. The van der Waals surface area contributed by atoms with Crippen LogP contribution in [-0.2, 0) is 6.42 Å². The Morgan fingerprint density at radius 1 is 1.56 bits per heavy atom. The highest BCUT2D eigenvalue weighted by Crippen LogP contribution is 2.18. The number of thioether (sulfide) groups is 1. The Bertz CT molecular complexity index is 416. The van der Waals surface area contributed by atoms with Crippen molar-refractivity contribution in [1.29, 1.82) is 0 Å². The molecule has 1 fully saturated rings. The molecule has 100 valence electrons. The van der Waals surface area contributed by atoms with Crippen LogP contribution in [0.5, 0.6) is 0 Å². The van der Waals surface area contributed by atoms with Gasteiger partial charge in [-0.25, -0.2) is 0 Å². The van der Waals surface area contributed by atoms with E-state index in [0.717, 1.165) is 29.1 Å². The van der Waals surface area contributed by atoms with Crippen LogP contribution >= 0.6 is 11.8 Å². The average molecular weight is 268 g/mol. The molecule has 0 spiro atoms. The molecule has 6 heteroatoms. The number of aliphatic imine (C=N–C) groups is 1. The number of nitrogens with zero attached hydrogens (tertiary/aromatic N) is 3. The van der Waals surface area contributed by atoms with E-state index in [2.05, 4.69) is 34.3 Å². The lowest BCUT2D eigenvalue weighted by atomic mass is 10.1. The van der Waals surface area contributed by atoms with Crippen LogP contribution < -0.4 is 5.32 Å². The second kappa shape index (κ2) is 6.22. The molecule has 0 aliphatic carbocycles. The third kappa shape index (κ3) is 4.01. The fraction of sp³-hybridized carbons (Fsp3) is 0.750. The fourth-order valence-electron chi connectivity index (χ4n) is 1.93. The molecule has 1 aliphatic rings. The first-order valence-electron chi connectivity index (χ1n) is 6.36. The molecule has 0 amide bonds. The lowest BCUT2D eigenvalue weighted by molar-refractivity contribution is 0.387. The summed E-state index contributed by atoms with van der Waals surface area (Å²) >= 11 is 1.81. The molecule has 0 aromatic carbocycles. The number of hydrogen-bond donors (Lipinski definition) is 1. The number of rotatable bonds is 5. The van der Waals surface area contributed by atoms with Crippen molar-refractivity contribution in [3.8, 4) is 0 Å². The Morgan fingerprint density at radius 2 is 2.39 bits per heavy atom. The van der Waals surface area contributed by atoms with Gasteiger partial charge in [0, 0.05) is 31.7 Å². The minimum absolute atomic E-state index is 0.571. The topological polar surface area (TPSA) is 63.3 Å². The maximum Gasteiger partial charge on any atom is 0.223 e. The van der Waals surface area contributed by atoms with Gasteiger partial charge in [-0.2, -0.15) is 4.98 Å². The van der Waals surface area contributed by atoms with E-state index in [1.807, 2.05) is 11.8 Å². The van der Waals surface area contributed by atoms with Gasteiger partial charge in [0.05, 0.1) is 0 Å². The predicted molar refractivity (Wildman–Crippen MR) is 73.9 cm³/mol. The Labute approximate surface area is 112 Å². The van der Waals surface area contributed by atoms with Crippen LogP contribution in [0.4, 0.5) is 0 Å². The van der Waals surface area contributed by atoms with E-state index in [4.69, 9.17) is 4.52 Å². The summed E-state index contributed by atoms with van der Waals surface area (Å²) < 4.78 is 4.92. The monoisotopic (exact) mass is 268 g/mol. The second-order valence-corrected chi connectivity index (χ2v) is 5.96. The zero-order valence-corrected chi connectivity index (χ0v) is 12.0. The molecule has 1 unspecified atom stereocenters. The van der Waals surface area contributed by atoms with E-state index < -0.39 is 0 Å². The Balaban J connectivity index is 1.74. The highest BCUT2D eigenvalue weighted by Gasteiger charge is 2.20. The van der Waals surface area contributed by atoms with Crippen molar-refractivity contribution in [2.45, 2.75) is 39.7 Å². The maximum atomic E-state index is 4.92. The highest BCUT2D eigenvalue weighted by atomic mass is 32.2. The molecule has 1 atom stereocenters. The van der Waals surface area contributed by atoms with Crippen LogP contribution in [0.3, 0.4) is 0 Å². The molecular weight excluding hydrogens is 248 g/mol. The zero-order chi connectivity index (χ0) is 13.0. The van der Waals surface area contributed by atoms with Crippen molar-refractivity contribution in [1.82, 2.24) is 15.5 Å². The first kappa shape index (κ1) is 13.4. The number of hydrogen-bond acceptors (Lipinski definition) is 5. The molecule has 0 saturated carbocycles. The summed E-state index contributed by atoms with van der Waals surface area (Å²) in [6.45, 7) is 7.01. The standard InChI is InChI=1S/C12H20N4OS/c1-8(2)6-10-7-18-12(15-10)13-5-4-11-14-9(3)17-16-11/h8,10H,4-7H2,1-3H3,(H,13,15). The van der Waals surface area contributed by atoms with Crippen LogP contribution in [0.15, 0.2) is 9.52 Å². The SMILES string of the molecule is Cc1nc(CCN=C2NC(CC(C)C)CS2)no1. The minimum Gasteiger partial charge on any atom is -0.361 e. The predicted octanol–water partition coefficient (Wildman–Crippen LogP) is 2.03. The Morgan fingerprint density at radius 3 is 3.06 bits per heavy atom. The fourth-order valence-corrected chi connectivity index (χ4v) is 2.94. The van der Waals surface area contributed by atoms with Gasteiger partial charge in [0.25, 0.3) is 0 Å². The van der Waals surface area contributed by atoms with Gasteiger partial charge < -0.3 is 9.84 Å². The maximum absolute atomic E-state index is 4.92. The second-order valence-electron chi connectivity index (χ2n) is 4.95. The molecule has 1 aromatic heterocycles. The van der Waals surface area contributed by atoms with Gasteiger partial charge in [-0.3, -0.25) is 4.99 Å². The third-order valence-electron chi connectivity index (χ3n) is 2.67. The summed E-state index contributed by atoms with van der Waals surface area (Å²) in [5.74, 6) is 3.20. The lowest BCUT2D eigenvalue weighted by Crippen LogP contribution is -2.28. The van der Waals surface area contributed by atoms with Gasteiger partial charge in [0.2, 0.25) is 5.89 Å². The molecule has 2 rings (SSSR count). The molecule has 5 nitrogen and oxygen atoms in total. The Kier molecular flexibility index (Phi) is 4.63. The van der Waals surface area contributed by atoms with Gasteiger partial charge in [0.1, 0.15) is 0 Å². The average Bonchev–Trinajstić information content (AvgIpc) is 2.88. The van der Waals surface area contributed by atoms with Crippen molar-refractivity contribution < 1.29 is 4.52 Å². The highest BCUT2D eigenvalue weighted by molar-refractivity contribution is 8.14. The smallest absolute Gasteiger partial charge is 0.223 e. The van der Waals surface area contributed by atoms with Gasteiger partial charge in [-0.15, -0.1) is 0 Å².